The van der Waals surface area contributed by atoms with Crippen LogP contribution >= 0.6 is 0 Å². The van der Waals surface area contributed by atoms with Gasteiger partial charge in [0.25, 0.3) is 0 Å². The molecule has 4 rings (SSSR count). The average molecular weight is 446 g/mol. The molecule has 0 spiro atoms. The number of ether oxygens (including phenoxy) is 3. The van der Waals surface area contributed by atoms with Crippen molar-refractivity contribution in [2.45, 2.75) is 26.7 Å². The molecule has 0 saturated carbocycles. The maximum atomic E-state index is 14.3. The highest BCUT2D eigenvalue weighted by Crippen LogP contribution is 2.40. The molecule has 0 fully saturated rings. The zero-order valence-electron chi connectivity index (χ0n) is 18.5. The van der Waals surface area contributed by atoms with E-state index < -0.39 is 11.6 Å². The molecule has 4 aromatic rings. The number of benzene rings is 4. The van der Waals surface area contributed by atoms with E-state index >= 15 is 0 Å². The highest BCUT2D eigenvalue weighted by atomic mass is 19.1. The molecule has 0 bridgehead atoms. The topological polar surface area (TPSA) is 27.7 Å². The summed E-state index contributed by atoms with van der Waals surface area (Å²) >= 11 is 0. The predicted octanol–water partition coefficient (Wildman–Crippen LogP) is 8.47. The van der Waals surface area contributed by atoms with Crippen molar-refractivity contribution in [3.05, 3.63) is 108 Å². The first-order valence-electron chi connectivity index (χ1n) is 10.9. The lowest BCUT2D eigenvalue weighted by Gasteiger charge is -2.16. The minimum absolute atomic E-state index is 0.119. The molecule has 0 aliphatic carbocycles. The Morgan fingerprint density at radius 1 is 0.485 bits per heavy atom. The SMILES string of the molecule is CCc1ccc(F)c(Oc2ccccc2Oc2ccccc2Oc2cc(CC)ccc2F)c1. The van der Waals surface area contributed by atoms with Gasteiger partial charge in [0.15, 0.2) is 46.1 Å². The van der Waals surface area contributed by atoms with Gasteiger partial charge in [0.05, 0.1) is 0 Å². The lowest BCUT2D eigenvalue weighted by Crippen LogP contribution is -1.96. The van der Waals surface area contributed by atoms with Gasteiger partial charge in [-0.1, -0.05) is 50.2 Å². The first-order chi connectivity index (χ1) is 16.1. The standard InChI is InChI=1S/C28H24F2O3/c1-3-19-13-15-21(29)27(17-19)32-25-11-7-5-9-23(25)31-24-10-6-8-12-26(24)33-28-18-20(4-2)14-16-22(28)30/h5-18H,3-4H2,1-2H3. The summed E-state index contributed by atoms with van der Waals surface area (Å²) in [5, 5.41) is 0. The van der Waals surface area contributed by atoms with Crippen molar-refractivity contribution in [3.8, 4) is 34.5 Å². The molecule has 0 amide bonds. The third-order valence-electron chi connectivity index (χ3n) is 5.17. The monoisotopic (exact) mass is 446 g/mol. The summed E-state index contributed by atoms with van der Waals surface area (Å²) in [4.78, 5) is 0. The molecule has 4 aromatic carbocycles. The number of halogens is 2. The molecule has 0 N–H and O–H groups in total. The van der Waals surface area contributed by atoms with Crippen LogP contribution < -0.4 is 14.2 Å². The molecule has 0 atom stereocenters. The number of para-hydroxylation sites is 4. The lowest BCUT2D eigenvalue weighted by molar-refractivity contribution is 0.379. The van der Waals surface area contributed by atoms with E-state index in [9.17, 15) is 8.78 Å². The smallest absolute Gasteiger partial charge is 0.170 e. The van der Waals surface area contributed by atoms with Gasteiger partial charge < -0.3 is 14.2 Å². The van der Waals surface area contributed by atoms with Crippen molar-refractivity contribution in [3.63, 3.8) is 0 Å². The molecule has 33 heavy (non-hydrogen) atoms. The molecule has 168 valence electrons. The molecule has 0 aliphatic rings. The highest BCUT2D eigenvalue weighted by molar-refractivity contribution is 5.50. The Hall–Kier alpha value is -3.86. The predicted molar refractivity (Wildman–Crippen MR) is 125 cm³/mol. The van der Waals surface area contributed by atoms with E-state index in [-0.39, 0.29) is 11.5 Å². The third kappa shape index (κ3) is 5.32. The maximum Gasteiger partial charge on any atom is 0.170 e. The zero-order chi connectivity index (χ0) is 23.2. The molecule has 3 nitrogen and oxygen atoms in total. The summed E-state index contributed by atoms with van der Waals surface area (Å²) in [6.07, 6.45) is 1.52. The van der Waals surface area contributed by atoms with Crippen LogP contribution in [0, 0.1) is 11.6 Å². The Kier molecular flexibility index (Phi) is 6.89. The maximum absolute atomic E-state index is 14.3. The molecule has 0 unspecified atom stereocenters. The number of rotatable bonds is 8. The number of hydrogen-bond donors (Lipinski definition) is 0. The van der Waals surface area contributed by atoms with E-state index in [0.717, 1.165) is 24.0 Å². The molecule has 0 aliphatic heterocycles. The van der Waals surface area contributed by atoms with Crippen LogP contribution in [0.15, 0.2) is 84.9 Å². The van der Waals surface area contributed by atoms with Crippen LogP contribution in [0.3, 0.4) is 0 Å². The summed E-state index contributed by atoms with van der Waals surface area (Å²) in [6, 6.07) is 23.5. The first-order valence-corrected chi connectivity index (χ1v) is 10.9. The molecule has 0 heterocycles. The normalized spacial score (nSPS) is 10.7. The van der Waals surface area contributed by atoms with E-state index in [4.69, 9.17) is 14.2 Å². The summed E-state index contributed by atoms with van der Waals surface area (Å²) in [5.41, 5.74) is 1.92. The van der Waals surface area contributed by atoms with E-state index in [1.165, 1.54) is 12.1 Å². The Labute approximate surface area is 192 Å². The zero-order valence-corrected chi connectivity index (χ0v) is 18.5. The van der Waals surface area contributed by atoms with Gasteiger partial charge in [0, 0.05) is 0 Å². The molecule has 0 aromatic heterocycles. The number of aryl methyl sites for hydroxylation is 2. The van der Waals surface area contributed by atoms with Crippen molar-refractivity contribution >= 4 is 0 Å². The van der Waals surface area contributed by atoms with Crippen LogP contribution in [-0.2, 0) is 12.8 Å². The van der Waals surface area contributed by atoms with Gasteiger partial charge >= 0.3 is 0 Å². The van der Waals surface area contributed by atoms with Gasteiger partial charge in [0.2, 0.25) is 0 Å². The molecule has 0 radical (unpaired) electrons. The van der Waals surface area contributed by atoms with Crippen LogP contribution in [0.5, 0.6) is 34.5 Å². The van der Waals surface area contributed by atoms with E-state index in [1.807, 2.05) is 13.8 Å². The van der Waals surface area contributed by atoms with Crippen LogP contribution in [0.1, 0.15) is 25.0 Å². The highest BCUT2D eigenvalue weighted by Gasteiger charge is 2.15. The summed E-state index contributed by atoms with van der Waals surface area (Å²) in [6.45, 7) is 3.98. The largest absolute Gasteiger partial charge is 0.450 e. The summed E-state index contributed by atoms with van der Waals surface area (Å²) < 4.78 is 46.5. The Morgan fingerprint density at radius 3 is 1.15 bits per heavy atom. The summed E-state index contributed by atoms with van der Waals surface area (Å²) in [5.74, 6) is 0.753. The fourth-order valence-corrected chi connectivity index (χ4v) is 3.28. The van der Waals surface area contributed by atoms with Crippen molar-refractivity contribution in [1.82, 2.24) is 0 Å². The summed E-state index contributed by atoms with van der Waals surface area (Å²) in [7, 11) is 0. The van der Waals surface area contributed by atoms with Gasteiger partial charge in [-0.2, -0.15) is 0 Å². The second kappa shape index (κ2) is 10.2. The van der Waals surface area contributed by atoms with Gasteiger partial charge in [-0.05, 0) is 72.5 Å². The van der Waals surface area contributed by atoms with Crippen molar-refractivity contribution < 1.29 is 23.0 Å². The second-order valence-electron chi connectivity index (χ2n) is 7.44. The van der Waals surface area contributed by atoms with Crippen molar-refractivity contribution in [2.24, 2.45) is 0 Å². The Bertz CT molecular complexity index is 1160. The second-order valence-corrected chi connectivity index (χ2v) is 7.44. The molecular formula is C28H24F2O3. The van der Waals surface area contributed by atoms with E-state index in [2.05, 4.69) is 0 Å². The van der Waals surface area contributed by atoms with Gasteiger partial charge in [0.1, 0.15) is 0 Å². The van der Waals surface area contributed by atoms with E-state index in [1.54, 1.807) is 72.8 Å². The van der Waals surface area contributed by atoms with E-state index in [0.29, 0.717) is 23.0 Å². The fraction of sp³-hybridized carbons (Fsp3) is 0.143. The minimum atomic E-state index is -0.461. The quantitative estimate of drug-likeness (QED) is 0.272. The van der Waals surface area contributed by atoms with Crippen molar-refractivity contribution in [2.75, 3.05) is 0 Å². The van der Waals surface area contributed by atoms with Gasteiger partial charge in [-0.3, -0.25) is 0 Å². The van der Waals surface area contributed by atoms with Crippen LogP contribution in [0.25, 0.3) is 0 Å². The van der Waals surface area contributed by atoms with Crippen LogP contribution in [0.4, 0.5) is 8.78 Å². The molecule has 0 saturated heterocycles. The Balaban J connectivity index is 1.63. The molecular weight excluding hydrogens is 422 g/mol. The molecule has 5 heteroatoms. The van der Waals surface area contributed by atoms with Crippen molar-refractivity contribution in [1.29, 1.82) is 0 Å². The van der Waals surface area contributed by atoms with Crippen LogP contribution in [-0.4, -0.2) is 0 Å². The third-order valence-corrected chi connectivity index (χ3v) is 5.17. The lowest BCUT2D eigenvalue weighted by atomic mass is 10.1. The Morgan fingerprint density at radius 2 is 0.818 bits per heavy atom. The van der Waals surface area contributed by atoms with Gasteiger partial charge in [-0.25, -0.2) is 8.78 Å². The fourth-order valence-electron chi connectivity index (χ4n) is 3.28. The average Bonchev–Trinajstić information content (AvgIpc) is 2.84. The van der Waals surface area contributed by atoms with Crippen LogP contribution in [0.2, 0.25) is 0 Å². The number of hydrogen-bond acceptors (Lipinski definition) is 3. The minimum Gasteiger partial charge on any atom is -0.450 e. The van der Waals surface area contributed by atoms with Gasteiger partial charge in [-0.15, -0.1) is 0 Å². The first kappa shape index (κ1) is 22.3.